The summed E-state index contributed by atoms with van der Waals surface area (Å²) >= 11 is 0. The molecule has 0 radical (unpaired) electrons. The number of nitrogens with zero attached hydrogens (tertiary/aromatic N) is 1. The molecule has 0 spiro atoms. The van der Waals surface area contributed by atoms with Crippen LogP contribution in [0.4, 0.5) is 0 Å². The number of ether oxygens (including phenoxy) is 2. The van der Waals surface area contributed by atoms with Gasteiger partial charge in [0.15, 0.2) is 0 Å². The summed E-state index contributed by atoms with van der Waals surface area (Å²) in [5.74, 6) is 2.56. The topological polar surface area (TPSA) is 47.7 Å². The molecule has 1 aromatic rings. The minimum Gasteiger partial charge on any atom is -0.497 e. The van der Waals surface area contributed by atoms with Crippen LogP contribution < -0.4 is 15.2 Å². The lowest BCUT2D eigenvalue weighted by molar-refractivity contribution is 0.139. The van der Waals surface area contributed by atoms with Crippen LogP contribution in [-0.4, -0.2) is 38.8 Å². The van der Waals surface area contributed by atoms with Gasteiger partial charge in [-0.3, -0.25) is 4.90 Å². The van der Waals surface area contributed by atoms with Gasteiger partial charge in [-0.1, -0.05) is 6.92 Å². The minimum absolute atomic E-state index is 0.201. The summed E-state index contributed by atoms with van der Waals surface area (Å²) in [7, 11) is 3.39. The maximum absolute atomic E-state index is 6.05. The number of methoxy groups -OCH3 is 2. The number of nitrogens with two attached hydrogens (primary N) is 1. The Bertz CT molecular complexity index is 428. The number of piperidine rings is 1. The summed E-state index contributed by atoms with van der Waals surface area (Å²) in [6.45, 7) is 5.12. The van der Waals surface area contributed by atoms with Gasteiger partial charge in [0.05, 0.1) is 20.3 Å². The average Bonchev–Trinajstić information content (AvgIpc) is 2.49. The van der Waals surface area contributed by atoms with E-state index in [-0.39, 0.29) is 6.04 Å². The lowest BCUT2D eigenvalue weighted by Gasteiger charge is -2.37. The molecule has 0 bridgehead atoms. The molecular weight excluding hydrogens is 252 g/mol. The summed E-state index contributed by atoms with van der Waals surface area (Å²) in [4.78, 5) is 2.47. The Labute approximate surface area is 121 Å². The molecule has 1 atom stereocenters. The second kappa shape index (κ2) is 6.95. The third-order valence-corrected chi connectivity index (χ3v) is 4.28. The first-order valence-corrected chi connectivity index (χ1v) is 7.35. The highest BCUT2D eigenvalue weighted by Gasteiger charge is 2.26. The third kappa shape index (κ3) is 3.25. The van der Waals surface area contributed by atoms with Gasteiger partial charge in [0.1, 0.15) is 11.5 Å². The molecule has 4 nitrogen and oxygen atoms in total. The Morgan fingerprint density at radius 2 is 1.95 bits per heavy atom. The van der Waals surface area contributed by atoms with Crippen molar-refractivity contribution in [3.8, 4) is 11.5 Å². The van der Waals surface area contributed by atoms with Gasteiger partial charge in [-0.25, -0.2) is 0 Å². The Kier molecular flexibility index (Phi) is 5.26. The molecule has 0 unspecified atom stereocenters. The number of hydrogen-bond donors (Lipinski definition) is 1. The van der Waals surface area contributed by atoms with Crippen molar-refractivity contribution in [1.29, 1.82) is 0 Å². The van der Waals surface area contributed by atoms with Crippen LogP contribution in [-0.2, 0) is 0 Å². The van der Waals surface area contributed by atoms with Gasteiger partial charge in [0, 0.05) is 12.1 Å². The van der Waals surface area contributed by atoms with Gasteiger partial charge >= 0.3 is 0 Å². The fraction of sp³-hybridized carbons (Fsp3) is 0.625. The minimum atomic E-state index is 0.201. The second-order valence-electron chi connectivity index (χ2n) is 5.58. The molecule has 4 heteroatoms. The van der Waals surface area contributed by atoms with Gasteiger partial charge < -0.3 is 15.2 Å². The number of hydrogen-bond acceptors (Lipinski definition) is 4. The summed E-state index contributed by atoms with van der Waals surface area (Å²) in [5, 5.41) is 0. The molecule has 1 aliphatic rings. The molecule has 2 rings (SSSR count). The Balaban J connectivity index is 2.25. The van der Waals surface area contributed by atoms with Crippen molar-refractivity contribution in [2.45, 2.75) is 25.8 Å². The SMILES string of the molecule is COc1ccc(OC)c([C@H](CN)N2CCC(C)CC2)c1. The van der Waals surface area contributed by atoms with Crippen LogP contribution in [0.25, 0.3) is 0 Å². The first-order valence-electron chi connectivity index (χ1n) is 7.35. The largest absolute Gasteiger partial charge is 0.497 e. The summed E-state index contributed by atoms with van der Waals surface area (Å²) in [6.07, 6.45) is 2.48. The molecule has 1 aromatic carbocycles. The number of likely N-dealkylation sites (tertiary alicyclic amines) is 1. The average molecular weight is 278 g/mol. The normalized spacial score (nSPS) is 18.8. The first-order chi connectivity index (χ1) is 9.69. The molecule has 0 aliphatic carbocycles. The predicted octanol–water partition coefficient (Wildman–Crippen LogP) is 2.44. The van der Waals surface area contributed by atoms with Crippen LogP contribution in [0.3, 0.4) is 0 Å². The molecule has 1 fully saturated rings. The fourth-order valence-electron chi connectivity index (χ4n) is 2.91. The van der Waals surface area contributed by atoms with Gasteiger partial charge in [0.2, 0.25) is 0 Å². The first kappa shape index (κ1) is 15.1. The lowest BCUT2D eigenvalue weighted by atomic mass is 9.95. The van der Waals surface area contributed by atoms with E-state index in [1.807, 2.05) is 18.2 Å². The molecule has 112 valence electrons. The van der Waals surface area contributed by atoms with Crippen LogP contribution in [0.15, 0.2) is 18.2 Å². The van der Waals surface area contributed by atoms with E-state index in [1.165, 1.54) is 12.8 Å². The second-order valence-corrected chi connectivity index (χ2v) is 5.58. The van der Waals surface area contributed by atoms with Crippen molar-refractivity contribution in [2.24, 2.45) is 11.7 Å². The van der Waals surface area contributed by atoms with E-state index in [1.54, 1.807) is 14.2 Å². The zero-order chi connectivity index (χ0) is 14.5. The van der Waals surface area contributed by atoms with Gasteiger partial charge in [0.25, 0.3) is 0 Å². The summed E-state index contributed by atoms with van der Waals surface area (Å²) < 4.78 is 10.8. The Hall–Kier alpha value is -1.26. The van der Waals surface area contributed by atoms with Gasteiger partial charge in [-0.05, 0) is 50.0 Å². The predicted molar refractivity (Wildman–Crippen MR) is 81.3 cm³/mol. The van der Waals surface area contributed by atoms with Crippen LogP contribution >= 0.6 is 0 Å². The monoisotopic (exact) mass is 278 g/mol. The Morgan fingerprint density at radius 1 is 1.25 bits per heavy atom. The smallest absolute Gasteiger partial charge is 0.123 e. The standard InChI is InChI=1S/C16H26N2O2/c1-12-6-8-18(9-7-12)15(11-17)14-10-13(19-2)4-5-16(14)20-3/h4-5,10,12,15H,6-9,11,17H2,1-3H3/t15-/m0/s1. The molecule has 20 heavy (non-hydrogen) atoms. The van der Waals surface area contributed by atoms with Crippen molar-refractivity contribution in [1.82, 2.24) is 4.90 Å². The van der Waals surface area contributed by atoms with Crippen molar-refractivity contribution in [3.05, 3.63) is 23.8 Å². The van der Waals surface area contributed by atoms with E-state index < -0.39 is 0 Å². The highest BCUT2D eigenvalue weighted by Crippen LogP contribution is 2.34. The zero-order valence-corrected chi connectivity index (χ0v) is 12.8. The molecule has 1 heterocycles. The fourth-order valence-corrected chi connectivity index (χ4v) is 2.91. The quantitative estimate of drug-likeness (QED) is 0.898. The van der Waals surface area contributed by atoms with Crippen LogP contribution in [0.2, 0.25) is 0 Å². The molecule has 0 saturated carbocycles. The number of rotatable bonds is 5. The lowest BCUT2D eigenvalue weighted by Crippen LogP contribution is -2.39. The van der Waals surface area contributed by atoms with E-state index in [4.69, 9.17) is 15.2 Å². The number of benzene rings is 1. The molecule has 1 aliphatic heterocycles. The van der Waals surface area contributed by atoms with Gasteiger partial charge in [-0.15, -0.1) is 0 Å². The summed E-state index contributed by atoms with van der Waals surface area (Å²) in [6, 6.07) is 6.14. The van der Waals surface area contributed by atoms with E-state index in [0.29, 0.717) is 6.54 Å². The van der Waals surface area contributed by atoms with Crippen LogP contribution in [0.5, 0.6) is 11.5 Å². The molecule has 2 N–H and O–H groups in total. The van der Waals surface area contributed by atoms with Crippen LogP contribution in [0, 0.1) is 5.92 Å². The van der Waals surface area contributed by atoms with E-state index >= 15 is 0 Å². The van der Waals surface area contributed by atoms with E-state index in [0.717, 1.165) is 36.1 Å². The highest BCUT2D eigenvalue weighted by molar-refractivity contribution is 5.42. The van der Waals surface area contributed by atoms with E-state index in [9.17, 15) is 0 Å². The van der Waals surface area contributed by atoms with E-state index in [2.05, 4.69) is 11.8 Å². The van der Waals surface area contributed by atoms with Crippen molar-refractivity contribution in [3.63, 3.8) is 0 Å². The van der Waals surface area contributed by atoms with Crippen LogP contribution in [0.1, 0.15) is 31.4 Å². The van der Waals surface area contributed by atoms with Crippen molar-refractivity contribution >= 4 is 0 Å². The van der Waals surface area contributed by atoms with Crippen molar-refractivity contribution in [2.75, 3.05) is 33.9 Å². The highest BCUT2D eigenvalue weighted by atomic mass is 16.5. The molecule has 0 aromatic heterocycles. The van der Waals surface area contributed by atoms with Gasteiger partial charge in [-0.2, -0.15) is 0 Å². The Morgan fingerprint density at radius 3 is 2.50 bits per heavy atom. The maximum atomic E-state index is 6.05. The maximum Gasteiger partial charge on any atom is 0.123 e. The molecule has 1 saturated heterocycles. The third-order valence-electron chi connectivity index (χ3n) is 4.28. The zero-order valence-electron chi connectivity index (χ0n) is 12.8. The van der Waals surface area contributed by atoms with Crippen molar-refractivity contribution < 1.29 is 9.47 Å². The molecule has 0 amide bonds. The summed E-state index contributed by atoms with van der Waals surface area (Å²) in [5.41, 5.74) is 7.18. The molecular formula is C16H26N2O2.